The number of esters is 1. The van der Waals surface area contributed by atoms with Crippen molar-refractivity contribution in [2.24, 2.45) is 0 Å². The van der Waals surface area contributed by atoms with Crippen molar-refractivity contribution in [3.63, 3.8) is 0 Å². The van der Waals surface area contributed by atoms with Crippen LogP contribution >= 0.6 is 11.3 Å². The maximum atomic E-state index is 13.4. The van der Waals surface area contributed by atoms with Crippen LogP contribution in [0, 0.1) is 12.7 Å². The molecule has 2 aromatic heterocycles. The number of aromatic nitrogens is 2. The molecule has 174 valence electrons. The average molecular weight is 480 g/mol. The molecule has 0 unspecified atom stereocenters. The number of ether oxygens (including phenoxy) is 1. The standard InChI is InChI=1S/C25H22FN3O4S/c1-14(2)33-25(32)17-6-10-19(11-7-17)28-20(30)12-29-13-27-23-22(24(29)31)21(15(3)34-23)16-4-8-18(26)9-5-16/h4-11,13-14H,12H2,1-3H3,(H,28,30). The summed E-state index contributed by atoms with van der Waals surface area (Å²) in [7, 11) is 0. The maximum Gasteiger partial charge on any atom is 0.338 e. The van der Waals surface area contributed by atoms with Crippen LogP contribution in [0.4, 0.5) is 10.1 Å². The monoisotopic (exact) mass is 479 g/mol. The van der Waals surface area contributed by atoms with Gasteiger partial charge in [0, 0.05) is 16.1 Å². The minimum Gasteiger partial charge on any atom is -0.459 e. The lowest BCUT2D eigenvalue weighted by molar-refractivity contribution is -0.116. The van der Waals surface area contributed by atoms with Gasteiger partial charge in [0.1, 0.15) is 17.2 Å². The second-order valence-electron chi connectivity index (χ2n) is 7.98. The third-order valence-corrected chi connectivity index (χ3v) is 6.06. The van der Waals surface area contributed by atoms with Gasteiger partial charge in [0.05, 0.1) is 23.4 Å². The van der Waals surface area contributed by atoms with E-state index in [9.17, 15) is 18.8 Å². The smallest absolute Gasteiger partial charge is 0.338 e. The van der Waals surface area contributed by atoms with Crippen molar-refractivity contribution in [3.8, 4) is 11.1 Å². The molecule has 4 rings (SSSR count). The highest BCUT2D eigenvalue weighted by atomic mass is 32.1. The lowest BCUT2D eigenvalue weighted by Crippen LogP contribution is -2.27. The van der Waals surface area contributed by atoms with Crippen molar-refractivity contribution in [1.29, 1.82) is 0 Å². The molecule has 2 heterocycles. The predicted molar refractivity (Wildman–Crippen MR) is 130 cm³/mol. The van der Waals surface area contributed by atoms with E-state index in [-0.39, 0.29) is 24.0 Å². The highest BCUT2D eigenvalue weighted by molar-refractivity contribution is 7.19. The van der Waals surface area contributed by atoms with Gasteiger partial charge >= 0.3 is 5.97 Å². The highest BCUT2D eigenvalue weighted by Crippen LogP contribution is 2.35. The van der Waals surface area contributed by atoms with Crippen molar-refractivity contribution in [3.05, 3.63) is 81.5 Å². The molecular weight excluding hydrogens is 457 g/mol. The van der Waals surface area contributed by atoms with Gasteiger partial charge in [0.25, 0.3) is 5.56 Å². The Kier molecular flexibility index (Phi) is 6.56. The Morgan fingerprint density at radius 3 is 2.44 bits per heavy atom. The van der Waals surface area contributed by atoms with Crippen LogP contribution < -0.4 is 10.9 Å². The van der Waals surface area contributed by atoms with Gasteiger partial charge in [0.2, 0.25) is 5.91 Å². The number of nitrogens with zero attached hydrogens (tertiary/aromatic N) is 2. The molecule has 0 fully saturated rings. The van der Waals surface area contributed by atoms with Gasteiger partial charge in [-0.2, -0.15) is 0 Å². The Balaban J connectivity index is 1.55. The van der Waals surface area contributed by atoms with Crippen molar-refractivity contribution >= 4 is 39.1 Å². The number of thiophene rings is 1. The molecule has 7 nitrogen and oxygen atoms in total. The predicted octanol–water partition coefficient (Wildman–Crippen LogP) is 4.78. The zero-order valence-corrected chi connectivity index (χ0v) is 19.6. The van der Waals surface area contributed by atoms with Crippen LogP contribution in [0.25, 0.3) is 21.3 Å². The molecule has 0 aliphatic heterocycles. The molecule has 2 aromatic carbocycles. The summed E-state index contributed by atoms with van der Waals surface area (Å²) in [6.07, 6.45) is 1.12. The number of anilines is 1. The van der Waals surface area contributed by atoms with Crippen molar-refractivity contribution in [1.82, 2.24) is 9.55 Å². The Morgan fingerprint density at radius 1 is 1.12 bits per heavy atom. The number of aryl methyl sites for hydroxylation is 1. The van der Waals surface area contributed by atoms with E-state index in [1.807, 2.05) is 6.92 Å². The summed E-state index contributed by atoms with van der Waals surface area (Å²) in [5.74, 6) is -1.23. The number of carbonyl (C=O) groups is 2. The number of halogens is 1. The number of amides is 1. The number of carbonyl (C=O) groups excluding carboxylic acids is 2. The molecule has 0 atom stereocenters. The molecule has 34 heavy (non-hydrogen) atoms. The summed E-state index contributed by atoms with van der Waals surface area (Å²) in [5, 5.41) is 3.11. The zero-order chi connectivity index (χ0) is 24.4. The second-order valence-corrected chi connectivity index (χ2v) is 9.18. The van der Waals surface area contributed by atoms with Crippen molar-refractivity contribution in [2.75, 3.05) is 5.32 Å². The summed E-state index contributed by atoms with van der Waals surface area (Å²) in [5.41, 5.74) is 1.90. The lowest BCUT2D eigenvalue weighted by Gasteiger charge is -2.10. The fourth-order valence-corrected chi connectivity index (χ4v) is 4.54. The SMILES string of the molecule is Cc1sc2ncn(CC(=O)Nc3ccc(C(=O)OC(C)C)cc3)c(=O)c2c1-c1ccc(F)cc1. The molecule has 4 aromatic rings. The van der Waals surface area contributed by atoms with Crippen LogP contribution in [0.15, 0.2) is 59.7 Å². The largest absolute Gasteiger partial charge is 0.459 e. The van der Waals surface area contributed by atoms with Crippen LogP contribution in [0.5, 0.6) is 0 Å². The molecule has 1 N–H and O–H groups in total. The van der Waals surface area contributed by atoms with E-state index in [2.05, 4.69) is 10.3 Å². The van der Waals surface area contributed by atoms with Gasteiger partial charge in [-0.15, -0.1) is 11.3 Å². The molecule has 0 spiro atoms. The second kappa shape index (κ2) is 9.56. The average Bonchev–Trinajstić information content (AvgIpc) is 3.13. The van der Waals surface area contributed by atoms with E-state index in [1.54, 1.807) is 50.2 Å². The summed E-state index contributed by atoms with van der Waals surface area (Å²) in [4.78, 5) is 43.6. The van der Waals surface area contributed by atoms with Crippen LogP contribution in [0.2, 0.25) is 0 Å². The lowest BCUT2D eigenvalue weighted by atomic mass is 10.0. The third kappa shape index (κ3) is 4.89. The first-order chi connectivity index (χ1) is 16.2. The maximum absolute atomic E-state index is 13.4. The number of rotatable bonds is 6. The first-order valence-electron chi connectivity index (χ1n) is 10.6. The summed E-state index contributed by atoms with van der Waals surface area (Å²) >= 11 is 1.37. The molecule has 0 radical (unpaired) electrons. The molecular formula is C25H22FN3O4S. The van der Waals surface area contributed by atoms with Crippen LogP contribution in [0.3, 0.4) is 0 Å². The first kappa shape index (κ1) is 23.3. The van der Waals surface area contributed by atoms with Crippen molar-refractivity contribution < 1.29 is 18.7 Å². The normalized spacial score (nSPS) is 11.1. The molecule has 0 aliphatic rings. The molecule has 0 saturated heterocycles. The summed E-state index contributed by atoms with van der Waals surface area (Å²) in [6, 6.07) is 12.2. The Morgan fingerprint density at radius 2 is 1.79 bits per heavy atom. The Hall–Kier alpha value is -3.85. The number of hydrogen-bond donors (Lipinski definition) is 1. The number of hydrogen-bond acceptors (Lipinski definition) is 6. The highest BCUT2D eigenvalue weighted by Gasteiger charge is 2.18. The van der Waals surface area contributed by atoms with E-state index < -0.39 is 11.9 Å². The topological polar surface area (TPSA) is 90.3 Å². The van der Waals surface area contributed by atoms with Gasteiger partial charge in [0.15, 0.2) is 0 Å². The quantitative estimate of drug-likeness (QED) is 0.402. The van der Waals surface area contributed by atoms with E-state index in [0.717, 1.165) is 4.88 Å². The van der Waals surface area contributed by atoms with Crippen LogP contribution in [-0.2, 0) is 16.1 Å². The third-order valence-electron chi connectivity index (χ3n) is 5.05. The van der Waals surface area contributed by atoms with Gasteiger partial charge in [-0.3, -0.25) is 14.2 Å². The molecule has 0 bridgehead atoms. The van der Waals surface area contributed by atoms with Gasteiger partial charge in [-0.1, -0.05) is 12.1 Å². The number of fused-ring (bicyclic) bond motifs is 1. The number of benzene rings is 2. The van der Waals surface area contributed by atoms with Crippen LogP contribution in [0.1, 0.15) is 29.1 Å². The summed E-state index contributed by atoms with van der Waals surface area (Å²) < 4.78 is 19.8. The van der Waals surface area contributed by atoms with E-state index in [1.165, 1.54) is 34.4 Å². The molecule has 9 heteroatoms. The van der Waals surface area contributed by atoms with Gasteiger partial charge in [-0.25, -0.2) is 14.2 Å². The van der Waals surface area contributed by atoms with Gasteiger partial charge in [-0.05, 0) is 62.7 Å². The van der Waals surface area contributed by atoms with E-state index in [0.29, 0.717) is 32.6 Å². The fraction of sp³-hybridized carbons (Fsp3) is 0.200. The Labute approximate surface area is 198 Å². The number of nitrogens with one attached hydrogen (secondary N) is 1. The zero-order valence-electron chi connectivity index (χ0n) is 18.8. The van der Waals surface area contributed by atoms with Gasteiger partial charge < -0.3 is 10.1 Å². The van der Waals surface area contributed by atoms with E-state index >= 15 is 0 Å². The Bertz CT molecular complexity index is 1420. The molecule has 0 saturated carbocycles. The summed E-state index contributed by atoms with van der Waals surface area (Å²) in [6.45, 7) is 5.17. The minimum absolute atomic E-state index is 0.230. The van der Waals surface area contributed by atoms with Crippen molar-refractivity contribution in [2.45, 2.75) is 33.4 Å². The molecule has 1 amide bonds. The van der Waals surface area contributed by atoms with Crippen LogP contribution in [-0.4, -0.2) is 27.5 Å². The first-order valence-corrected chi connectivity index (χ1v) is 11.4. The van der Waals surface area contributed by atoms with E-state index in [4.69, 9.17) is 4.74 Å². The molecule has 0 aliphatic carbocycles. The fourth-order valence-electron chi connectivity index (χ4n) is 3.54. The minimum atomic E-state index is -0.443.